The minimum Gasteiger partial charge on any atom is -0.356 e. The first-order chi connectivity index (χ1) is 12.1. The van der Waals surface area contributed by atoms with Crippen molar-refractivity contribution in [2.75, 3.05) is 18.0 Å². The number of anilines is 1. The van der Waals surface area contributed by atoms with Crippen LogP contribution in [0.4, 0.5) is 5.82 Å². The van der Waals surface area contributed by atoms with Crippen molar-refractivity contribution in [2.24, 2.45) is 0 Å². The lowest BCUT2D eigenvalue weighted by molar-refractivity contribution is 0.0945. The molecule has 1 aliphatic heterocycles. The number of aromatic nitrogens is 2. The largest absolute Gasteiger partial charge is 0.356 e. The zero-order valence-electron chi connectivity index (χ0n) is 15.1. The van der Waals surface area contributed by atoms with Gasteiger partial charge in [-0.3, -0.25) is 4.79 Å². The molecule has 0 radical (unpaired) electrons. The highest BCUT2D eigenvalue weighted by Gasteiger charge is 2.16. The third kappa shape index (κ3) is 4.56. The van der Waals surface area contributed by atoms with Crippen LogP contribution in [0.5, 0.6) is 0 Å². The van der Waals surface area contributed by atoms with Crippen molar-refractivity contribution in [3.05, 3.63) is 53.0 Å². The van der Waals surface area contributed by atoms with Gasteiger partial charge in [0.05, 0.1) is 0 Å². The van der Waals surface area contributed by atoms with Gasteiger partial charge in [-0.1, -0.05) is 37.1 Å². The Labute approximate surface area is 149 Å². The SMILES string of the molecule is Cc1nc(C(=O)NCc2ccccc2C)cc(N2CCCCCC2)n1. The van der Waals surface area contributed by atoms with Crippen molar-refractivity contribution in [2.45, 2.75) is 46.1 Å². The molecule has 5 nitrogen and oxygen atoms in total. The minimum atomic E-state index is -0.148. The first-order valence-corrected chi connectivity index (χ1v) is 9.07. The summed E-state index contributed by atoms with van der Waals surface area (Å²) in [6.07, 6.45) is 4.89. The summed E-state index contributed by atoms with van der Waals surface area (Å²) in [6.45, 7) is 6.41. The summed E-state index contributed by atoms with van der Waals surface area (Å²) in [4.78, 5) is 23.7. The number of carbonyl (C=O) groups is 1. The van der Waals surface area contributed by atoms with E-state index < -0.39 is 0 Å². The standard InChI is InChI=1S/C20H26N4O/c1-15-9-5-6-10-17(15)14-21-20(25)18-13-19(23-16(2)22-18)24-11-7-3-4-8-12-24/h5-6,9-10,13H,3-4,7-8,11-12,14H2,1-2H3,(H,21,25). The zero-order valence-corrected chi connectivity index (χ0v) is 15.1. The van der Waals surface area contributed by atoms with Gasteiger partial charge in [0.2, 0.25) is 0 Å². The molecule has 3 rings (SSSR count). The van der Waals surface area contributed by atoms with E-state index in [4.69, 9.17) is 0 Å². The Morgan fingerprint density at radius 2 is 1.80 bits per heavy atom. The molecule has 0 atom stereocenters. The van der Waals surface area contributed by atoms with E-state index in [1.807, 2.05) is 44.2 Å². The van der Waals surface area contributed by atoms with Gasteiger partial charge in [0.25, 0.3) is 5.91 Å². The van der Waals surface area contributed by atoms with Crippen molar-refractivity contribution in [1.29, 1.82) is 0 Å². The Kier molecular flexibility index (Phi) is 5.64. The molecule has 132 valence electrons. The van der Waals surface area contributed by atoms with Gasteiger partial charge < -0.3 is 10.2 Å². The normalized spacial score (nSPS) is 14.9. The predicted molar refractivity (Wildman–Crippen MR) is 99.8 cm³/mol. The second-order valence-electron chi connectivity index (χ2n) is 6.67. The molecule has 1 aromatic heterocycles. The van der Waals surface area contributed by atoms with Gasteiger partial charge in [-0.25, -0.2) is 9.97 Å². The average Bonchev–Trinajstić information content (AvgIpc) is 2.89. The molecule has 0 aliphatic carbocycles. The Morgan fingerprint density at radius 1 is 1.08 bits per heavy atom. The molecule has 2 heterocycles. The van der Waals surface area contributed by atoms with E-state index in [1.54, 1.807) is 0 Å². The number of aryl methyl sites for hydroxylation is 2. The van der Waals surface area contributed by atoms with Crippen molar-refractivity contribution in [3.8, 4) is 0 Å². The molecule has 1 fully saturated rings. The molecule has 0 unspecified atom stereocenters. The summed E-state index contributed by atoms with van der Waals surface area (Å²) in [5.41, 5.74) is 2.74. The van der Waals surface area contributed by atoms with Crippen LogP contribution in [0.3, 0.4) is 0 Å². The number of hydrogen-bond acceptors (Lipinski definition) is 4. The van der Waals surface area contributed by atoms with Crippen LogP contribution in [-0.4, -0.2) is 29.0 Å². The highest BCUT2D eigenvalue weighted by atomic mass is 16.1. The predicted octanol–water partition coefficient (Wildman–Crippen LogP) is 3.40. The van der Waals surface area contributed by atoms with E-state index in [0.29, 0.717) is 18.1 Å². The number of nitrogens with zero attached hydrogens (tertiary/aromatic N) is 3. The van der Waals surface area contributed by atoms with E-state index in [0.717, 1.165) is 24.5 Å². The topological polar surface area (TPSA) is 58.1 Å². The monoisotopic (exact) mass is 338 g/mol. The number of benzene rings is 1. The Morgan fingerprint density at radius 3 is 2.52 bits per heavy atom. The van der Waals surface area contributed by atoms with Crippen molar-refractivity contribution >= 4 is 11.7 Å². The highest BCUT2D eigenvalue weighted by molar-refractivity contribution is 5.92. The molecular weight excluding hydrogens is 312 g/mol. The maximum absolute atomic E-state index is 12.6. The average molecular weight is 338 g/mol. The Bertz CT molecular complexity index is 736. The fourth-order valence-corrected chi connectivity index (χ4v) is 3.20. The molecule has 0 bridgehead atoms. The Balaban J connectivity index is 1.72. The maximum atomic E-state index is 12.6. The van der Waals surface area contributed by atoms with Crippen LogP contribution in [0, 0.1) is 13.8 Å². The van der Waals surface area contributed by atoms with E-state index in [1.165, 1.54) is 31.2 Å². The lowest BCUT2D eigenvalue weighted by Crippen LogP contribution is -2.28. The van der Waals surface area contributed by atoms with Crippen molar-refractivity contribution < 1.29 is 4.79 Å². The second-order valence-corrected chi connectivity index (χ2v) is 6.67. The van der Waals surface area contributed by atoms with Crippen LogP contribution in [0.25, 0.3) is 0 Å². The van der Waals surface area contributed by atoms with Crippen LogP contribution in [0.1, 0.15) is 53.1 Å². The maximum Gasteiger partial charge on any atom is 0.270 e. The molecular formula is C20H26N4O. The van der Waals surface area contributed by atoms with Crippen LogP contribution in [0.15, 0.2) is 30.3 Å². The number of nitrogens with one attached hydrogen (secondary N) is 1. The number of carbonyl (C=O) groups excluding carboxylic acids is 1. The van der Waals surface area contributed by atoms with Crippen molar-refractivity contribution in [3.63, 3.8) is 0 Å². The number of amides is 1. The van der Waals surface area contributed by atoms with Gasteiger partial charge in [-0.05, 0) is 37.8 Å². The van der Waals surface area contributed by atoms with E-state index >= 15 is 0 Å². The molecule has 0 saturated carbocycles. The molecule has 0 spiro atoms. The molecule has 25 heavy (non-hydrogen) atoms. The smallest absolute Gasteiger partial charge is 0.270 e. The summed E-state index contributed by atoms with van der Waals surface area (Å²) in [7, 11) is 0. The van der Waals surface area contributed by atoms with Crippen LogP contribution >= 0.6 is 0 Å². The third-order valence-corrected chi connectivity index (χ3v) is 4.69. The van der Waals surface area contributed by atoms with E-state index in [9.17, 15) is 4.79 Å². The van der Waals surface area contributed by atoms with E-state index in [-0.39, 0.29) is 5.91 Å². The third-order valence-electron chi connectivity index (χ3n) is 4.69. The number of rotatable bonds is 4. The summed E-state index contributed by atoms with van der Waals surface area (Å²) in [5.74, 6) is 1.36. The summed E-state index contributed by atoms with van der Waals surface area (Å²) >= 11 is 0. The van der Waals surface area contributed by atoms with Gasteiger partial charge in [0.1, 0.15) is 17.3 Å². The van der Waals surface area contributed by atoms with Gasteiger partial charge in [0.15, 0.2) is 0 Å². The quantitative estimate of drug-likeness (QED) is 0.928. The summed E-state index contributed by atoms with van der Waals surface area (Å²) in [6, 6.07) is 9.89. The molecule has 1 N–H and O–H groups in total. The molecule has 2 aromatic rings. The molecule has 5 heteroatoms. The first kappa shape index (κ1) is 17.4. The summed E-state index contributed by atoms with van der Waals surface area (Å²) in [5, 5.41) is 2.98. The van der Waals surface area contributed by atoms with Crippen molar-refractivity contribution in [1.82, 2.24) is 15.3 Å². The lowest BCUT2D eigenvalue weighted by atomic mass is 10.1. The van der Waals surface area contributed by atoms with Gasteiger partial charge in [-0.2, -0.15) is 0 Å². The zero-order chi connectivity index (χ0) is 17.6. The number of hydrogen-bond donors (Lipinski definition) is 1. The van der Waals surface area contributed by atoms with Gasteiger partial charge in [0, 0.05) is 25.7 Å². The summed E-state index contributed by atoms with van der Waals surface area (Å²) < 4.78 is 0. The lowest BCUT2D eigenvalue weighted by Gasteiger charge is -2.22. The van der Waals surface area contributed by atoms with Crippen LogP contribution in [0.2, 0.25) is 0 Å². The van der Waals surface area contributed by atoms with Gasteiger partial charge >= 0.3 is 0 Å². The van der Waals surface area contributed by atoms with E-state index in [2.05, 4.69) is 20.2 Å². The fourth-order valence-electron chi connectivity index (χ4n) is 3.20. The Hall–Kier alpha value is -2.43. The first-order valence-electron chi connectivity index (χ1n) is 9.07. The molecule has 1 aromatic carbocycles. The molecule has 1 saturated heterocycles. The molecule has 1 aliphatic rings. The second kappa shape index (κ2) is 8.10. The van der Waals surface area contributed by atoms with Crippen LogP contribution < -0.4 is 10.2 Å². The van der Waals surface area contributed by atoms with Crippen LogP contribution in [-0.2, 0) is 6.54 Å². The molecule has 1 amide bonds. The fraction of sp³-hybridized carbons (Fsp3) is 0.450. The van der Waals surface area contributed by atoms with Gasteiger partial charge in [-0.15, -0.1) is 0 Å². The minimum absolute atomic E-state index is 0.148. The highest BCUT2D eigenvalue weighted by Crippen LogP contribution is 2.18.